The van der Waals surface area contributed by atoms with Crippen LogP contribution < -0.4 is 0 Å². The van der Waals surface area contributed by atoms with Crippen LogP contribution in [0.4, 0.5) is 0 Å². The molecule has 1 aliphatic carbocycles. The Morgan fingerprint density at radius 1 is 1.19 bits per heavy atom. The first-order valence-corrected chi connectivity index (χ1v) is 6.22. The van der Waals surface area contributed by atoms with Crippen molar-refractivity contribution in [3.8, 4) is 0 Å². The molecule has 1 aliphatic rings. The molecule has 0 aromatic heterocycles. The van der Waals surface area contributed by atoms with Gasteiger partial charge in [-0.05, 0) is 49.9 Å². The van der Waals surface area contributed by atoms with E-state index in [1.165, 1.54) is 12.8 Å². The van der Waals surface area contributed by atoms with Crippen molar-refractivity contribution < 1.29 is 9.90 Å². The Labute approximate surface area is 98.7 Å². The molecule has 0 aromatic rings. The summed E-state index contributed by atoms with van der Waals surface area (Å²) in [6, 6.07) is 0. The standard InChI is InChI=1S/C14H24O2/c1-10(13(15)16)9-11-5-7-12(8-6-11)14(2,3)4/h9,11-12H,5-8H2,1-4H3,(H,15,16)/b10-9+. The van der Waals surface area contributed by atoms with E-state index in [1.807, 2.05) is 6.08 Å². The van der Waals surface area contributed by atoms with Crippen LogP contribution in [0.2, 0.25) is 0 Å². The van der Waals surface area contributed by atoms with Gasteiger partial charge in [0, 0.05) is 5.57 Å². The van der Waals surface area contributed by atoms with Gasteiger partial charge in [-0.25, -0.2) is 4.79 Å². The van der Waals surface area contributed by atoms with Crippen molar-refractivity contribution in [2.24, 2.45) is 17.3 Å². The predicted octanol–water partition coefficient (Wildman–Crippen LogP) is 3.87. The molecule has 0 radical (unpaired) electrons. The van der Waals surface area contributed by atoms with Crippen LogP contribution in [0.25, 0.3) is 0 Å². The van der Waals surface area contributed by atoms with Gasteiger partial charge >= 0.3 is 5.97 Å². The highest BCUT2D eigenvalue weighted by Gasteiger charge is 2.29. The first-order chi connectivity index (χ1) is 7.30. The summed E-state index contributed by atoms with van der Waals surface area (Å²) in [4.78, 5) is 10.7. The lowest BCUT2D eigenvalue weighted by Crippen LogP contribution is -2.25. The molecule has 1 fully saturated rings. The Kier molecular flexibility index (Phi) is 4.17. The topological polar surface area (TPSA) is 37.3 Å². The molecule has 0 aliphatic heterocycles. The molecule has 0 spiro atoms. The first-order valence-electron chi connectivity index (χ1n) is 6.22. The minimum atomic E-state index is -0.780. The Hall–Kier alpha value is -0.790. The van der Waals surface area contributed by atoms with Crippen LogP contribution in [0.5, 0.6) is 0 Å². The summed E-state index contributed by atoms with van der Waals surface area (Å²) in [6.07, 6.45) is 6.70. The van der Waals surface area contributed by atoms with Crippen molar-refractivity contribution in [1.82, 2.24) is 0 Å². The normalized spacial score (nSPS) is 27.9. The maximum Gasteiger partial charge on any atom is 0.330 e. The van der Waals surface area contributed by atoms with Crippen molar-refractivity contribution in [2.75, 3.05) is 0 Å². The number of aliphatic carboxylic acids is 1. The second-order valence-corrected chi connectivity index (χ2v) is 6.13. The summed E-state index contributed by atoms with van der Waals surface area (Å²) in [5.74, 6) is 0.495. The van der Waals surface area contributed by atoms with Crippen LogP contribution in [0.1, 0.15) is 53.4 Å². The molecule has 0 atom stereocenters. The molecular weight excluding hydrogens is 200 g/mol. The largest absolute Gasteiger partial charge is 0.478 e. The van der Waals surface area contributed by atoms with Crippen molar-refractivity contribution in [3.05, 3.63) is 11.6 Å². The quantitative estimate of drug-likeness (QED) is 0.723. The van der Waals surface area contributed by atoms with Gasteiger partial charge in [0.1, 0.15) is 0 Å². The molecular formula is C14H24O2. The molecule has 1 N–H and O–H groups in total. The predicted molar refractivity (Wildman–Crippen MR) is 66.3 cm³/mol. The first kappa shape index (κ1) is 13.3. The maximum absolute atomic E-state index is 10.7. The van der Waals surface area contributed by atoms with Crippen molar-refractivity contribution in [2.45, 2.75) is 53.4 Å². The van der Waals surface area contributed by atoms with Gasteiger partial charge < -0.3 is 5.11 Å². The molecule has 92 valence electrons. The van der Waals surface area contributed by atoms with Crippen molar-refractivity contribution in [3.63, 3.8) is 0 Å². The zero-order valence-corrected chi connectivity index (χ0v) is 10.9. The Morgan fingerprint density at radius 2 is 1.69 bits per heavy atom. The summed E-state index contributed by atoms with van der Waals surface area (Å²) >= 11 is 0. The minimum absolute atomic E-state index is 0.399. The number of carboxylic acid groups (broad SMARTS) is 1. The molecule has 0 bridgehead atoms. The number of carbonyl (C=O) groups is 1. The molecule has 2 nitrogen and oxygen atoms in total. The van der Waals surface area contributed by atoms with Gasteiger partial charge in [0.2, 0.25) is 0 Å². The van der Waals surface area contributed by atoms with E-state index in [9.17, 15) is 4.79 Å². The summed E-state index contributed by atoms with van der Waals surface area (Å²) in [7, 11) is 0. The average Bonchev–Trinajstić information content (AvgIpc) is 2.17. The van der Waals surface area contributed by atoms with E-state index in [0.29, 0.717) is 16.9 Å². The third-order valence-corrected chi connectivity index (χ3v) is 3.82. The summed E-state index contributed by atoms with van der Waals surface area (Å²) in [6.45, 7) is 8.60. The Bertz CT molecular complexity index is 276. The number of allylic oxidation sites excluding steroid dienone is 1. The average molecular weight is 224 g/mol. The van der Waals surface area contributed by atoms with Gasteiger partial charge in [-0.15, -0.1) is 0 Å². The van der Waals surface area contributed by atoms with Gasteiger partial charge in [-0.3, -0.25) is 0 Å². The molecule has 0 amide bonds. The van der Waals surface area contributed by atoms with E-state index in [0.717, 1.165) is 18.8 Å². The Morgan fingerprint density at radius 3 is 2.06 bits per heavy atom. The lowest BCUT2D eigenvalue weighted by atomic mass is 9.69. The fourth-order valence-electron chi connectivity index (χ4n) is 2.58. The second kappa shape index (κ2) is 5.03. The third kappa shape index (κ3) is 3.66. The molecule has 16 heavy (non-hydrogen) atoms. The zero-order valence-electron chi connectivity index (χ0n) is 10.9. The van der Waals surface area contributed by atoms with E-state index in [-0.39, 0.29) is 0 Å². The molecule has 1 saturated carbocycles. The van der Waals surface area contributed by atoms with Crippen LogP contribution in [0, 0.1) is 17.3 Å². The van der Waals surface area contributed by atoms with E-state index in [4.69, 9.17) is 5.11 Å². The number of carboxylic acids is 1. The molecule has 2 heteroatoms. The van der Waals surface area contributed by atoms with Crippen LogP contribution in [0.15, 0.2) is 11.6 Å². The number of rotatable bonds is 2. The fraction of sp³-hybridized carbons (Fsp3) is 0.786. The minimum Gasteiger partial charge on any atom is -0.478 e. The van der Waals surface area contributed by atoms with Crippen molar-refractivity contribution in [1.29, 1.82) is 0 Å². The van der Waals surface area contributed by atoms with Gasteiger partial charge in [-0.1, -0.05) is 26.8 Å². The Balaban J connectivity index is 2.50. The smallest absolute Gasteiger partial charge is 0.330 e. The SMILES string of the molecule is C/C(=C\C1CCC(C(C)(C)C)CC1)C(=O)O. The van der Waals surface area contributed by atoms with E-state index >= 15 is 0 Å². The summed E-state index contributed by atoms with van der Waals surface area (Å²) in [5, 5.41) is 8.83. The molecule has 0 saturated heterocycles. The molecule has 0 unspecified atom stereocenters. The summed E-state index contributed by atoms with van der Waals surface area (Å²) in [5.41, 5.74) is 0.899. The maximum atomic E-state index is 10.7. The van der Waals surface area contributed by atoms with Gasteiger partial charge in [0.25, 0.3) is 0 Å². The summed E-state index contributed by atoms with van der Waals surface area (Å²) < 4.78 is 0. The van der Waals surface area contributed by atoms with E-state index in [1.54, 1.807) is 6.92 Å². The van der Waals surface area contributed by atoms with Crippen LogP contribution >= 0.6 is 0 Å². The van der Waals surface area contributed by atoms with Gasteiger partial charge in [0.15, 0.2) is 0 Å². The van der Waals surface area contributed by atoms with E-state index < -0.39 is 5.97 Å². The molecule has 0 heterocycles. The highest BCUT2D eigenvalue weighted by atomic mass is 16.4. The third-order valence-electron chi connectivity index (χ3n) is 3.82. The van der Waals surface area contributed by atoms with Crippen molar-refractivity contribution >= 4 is 5.97 Å². The van der Waals surface area contributed by atoms with Gasteiger partial charge in [0.05, 0.1) is 0 Å². The highest BCUT2D eigenvalue weighted by Crippen LogP contribution is 2.40. The van der Waals surface area contributed by atoms with Gasteiger partial charge in [-0.2, -0.15) is 0 Å². The lowest BCUT2D eigenvalue weighted by molar-refractivity contribution is -0.132. The number of hydrogen-bond acceptors (Lipinski definition) is 1. The number of hydrogen-bond donors (Lipinski definition) is 1. The fourth-order valence-corrected chi connectivity index (χ4v) is 2.58. The highest BCUT2D eigenvalue weighted by molar-refractivity contribution is 5.85. The van der Waals surface area contributed by atoms with Crippen LogP contribution in [-0.2, 0) is 4.79 Å². The molecule has 0 aromatic carbocycles. The zero-order chi connectivity index (χ0) is 12.3. The van der Waals surface area contributed by atoms with E-state index in [2.05, 4.69) is 20.8 Å². The molecule has 1 rings (SSSR count). The van der Waals surface area contributed by atoms with Crippen LogP contribution in [0.3, 0.4) is 0 Å². The van der Waals surface area contributed by atoms with Crippen LogP contribution in [-0.4, -0.2) is 11.1 Å². The lowest BCUT2D eigenvalue weighted by Gasteiger charge is -2.36. The monoisotopic (exact) mass is 224 g/mol. The second-order valence-electron chi connectivity index (χ2n) is 6.13.